The van der Waals surface area contributed by atoms with Gasteiger partial charge in [0.15, 0.2) is 0 Å². The summed E-state index contributed by atoms with van der Waals surface area (Å²) in [5.74, 6) is 0. The molecule has 0 bridgehead atoms. The summed E-state index contributed by atoms with van der Waals surface area (Å²) in [7, 11) is 0.777. The van der Waals surface area contributed by atoms with E-state index in [1.54, 1.807) is 0 Å². The molecule has 0 unspecified atom stereocenters. The van der Waals surface area contributed by atoms with Crippen molar-refractivity contribution < 1.29 is 22.4 Å². The zero-order valence-electron chi connectivity index (χ0n) is 7.58. The molecule has 0 atom stereocenters. The van der Waals surface area contributed by atoms with Gasteiger partial charge >= 0.3 is 0 Å². The predicted molar refractivity (Wildman–Crippen MR) is 60.5 cm³/mol. The Balaban J connectivity index is 0.000000980. The SMILES string of the molecule is [Au].c1ccc(Pc2ccccc2)cc1. The van der Waals surface area contributed by atoms with Crippen molar-refractivity contribution in [3.05, 3.63) is 60.7 Å². The number of rotatable bonds is 2. The second-order valence-corrected chi connectivity index (χ2v) is 4.26. The van der Waals surface area contributed by atoms with E-state index in [4.69, 9.17) is 0 Å². The summed E-state index contributed by atoms with van der Waals surface area (Å²) in [5, 5.41) is 2.79. The first-order valence-electron chi connectivity index (χ1n) is 4.32. The van der Waals surface area contributed by atoms with Crippen LogP contribution in [-0.2, 0) is 22.4 Å². The predicted octanol–water partition coefficient (Wildman–Crippen LogP) is 2.31. The minimum absolute atomic E-state index is 0. The molecule has 0 nitrogen and oxygen atoms in total. The van der Waals surface area contributed by atoms with Crippen molar-refractivity contribution in [3.63, 3.8) is 0 Å². The molecule has 14 heavy (non-hydrogen) atoms. The van der Waals surface area contributed by atoms with Gasteiger partial charge in [0.05, 0.1) is 0 Å². The Morgan fingerprint density at radius 2 is 0.929 bits per heavy atom. The van der Waals surface area contributed by atoms with Crippen molar-refractivity contribution in [2.24, 2.45) is 0 Å². The van der Waals surface area contributed by atoms with E-state index >= 15 is 0 Å². The standard InChI is InChI=1S/C12H11P.Au/c1-3-7-11(8-4-1)13-12-9-5-2-6-10-12;/h1-10,13H;. The zero-order valence-corrected chi connectivity index (χ0v) is 10.7. The van der Waals surface area contributed by atoms with Crippen LogP contribution in [0.2, 0.25) is 0 Å². The molecule has 0 fully saturated rings. The van der Waals surface area contributed by atoms with Crippen molar-refractivity contribution in [1.82, 2.24) is 0 Å². The van der Waals surface area contributed by atoms with Crippen LogP contribution < -0.4 is 10.6 Å². The molecule has 0 saturated carbocycles. The third-order valence-corrected chi connectivity index (χ3v) is 3.08. The molecule has 2 rings (SSSR count). The Morgan fingerprint density at radius 1 is 0.571 bits per heavy atom. The largest absolute Gasteiger partial charge is 0.0622 e. The molecule has 2 heteroatoms. The topological polar surface area (TPSA) is 0 Å². The van der Waals surface area contributed by atoms with Gasteiger partial charge in [-0.15, -0.1) is 0 Å². The Morgan fingerprint density at radius 3 is 1.29 bits per heavy atom. The number of hydrogen-bond donors (Lipinski definition) is 0. The van der Waals surface area contributed by atoms with Crippen molar-refractivity contribution in [3.8, 4) is 0 Å². The Labute approximate surface area is 102 Å². The molecule has 0 aliphatic carbocycles. The van der Waals surface area contributed by atoms with Gasteiger partial charge in [-0.05, 0) is 10.6 Å². The van der Waals surface area contributed by atoms with Gasteiger partial charge in [0.1, 0.15) is 0 Å². The second kappa shape index (κ2) is 6.16. The minimum Gasteiger partial charge on any atom is -0.0622 e. The summed E-state index contributed by atoms with van der Waals surface area (Å²) in [6, 6.07) is 21.2. The first-order valence-corrected chi connectivity index (χ1v) is 5.32. The summed E-state index contributed by atoms with van der Waals surface area (Å²) in [5.41, 5.74) is 0. The molecule has 2 aromatic rings. The van der Waals surface area contributed by atoms with Crippen molar-refractivity contribution in [1.29, 1.82) is 0 Å². The van der Waals surface area contributed by atoms with E-state index in [-0.39, 0.29) is 22.4 Å². The second-order valence-electron chi connectivity index (χ2n) is 2.86. The Kier molecular flexibility index (Phi) is 5.14. The average Bonchev–Trinajstić information content (AvgIpc) is 2.21. The first-order chi connectivity index (χ1) is 6.45. The van der Waals surface area contributed by atoms with Crippen LogP contribution >= 0.6 is 8.58 Å². The van der Waals surface area contributed by atoms with Gasteiger partial charge in [-0.3, -0.25) is 0 Å². The average molecular weight is 383 g/mol. The van der Waals surface area contributed by atoms with Crippen LogP contribution in [-0.4, -0.2) is 0 Å². The zero-order chi connectivity index (χ0) is 8.93. The molecule has 75 valence electrons. The van der Waals surface area contributed by atoms with Crippen molar-refractivity contribution in [2.75, 3.05) is 0 Å². The maximum absolute atomic E-state index is 2.17. The van der Waals surface area contributed by atoms with Gasteiger partial charge in [-0.1, -0.05) is 69.2 Å². The molecule has 2 aromatic carbocycles. The summed E-state index contributed by atoms with van der Waals surface area (Å²) in [6.07, 6.45) is 0. The fourth-order valence-corrected chi connectivity index (χ4v) is 2.26. The normalized spacial score (nSPS) is 9.14. The third-order valence-electron chi connectivity index (χ3n) is 1.84. The van der Waals surface area contributed by atoms with Gasteiger partial charge in [0, 0.05) is 22.4 Å². The van der Waals surface area contributed by atoms with Gasteiger partial charge in [-0.2, -0.15) is 0 Å². The molecular formula is C12H11AuP. The maximum Gasteiger partial charge on any atom is 0 e. The van der Waals surface area contributed by atoms with Crippen LogP contribution in [0, 0.1) is 0 Å². The van der Waals surface area contributed by atoms with Crippen LogP contribution in [0.3, 0.4) is 0 Å². The molecule has 1 radical (unpaired) electrons. The van der Waals surface area contributed by atoms with Gasteiger partial charge in [-0.25, -0.2) is 0 Å². The molecule has 0 heterocycles. The molecule has 0 aromatic heterocycles. The first kappa shape index (κ1) is 11.7. The summed E-state index contributed by atoms with van der Waals surface area (Å²) >= 11 is 0. The van der Waals surface area contributed by atoms with E-state index in [1.807, 2.05) is 0 Å². The van der Waals surface area contributed by atoms with Crippen LogP contribution in [0.25, 0.3) is 0 Å². The van der Waals surface area contributed by atoms with Gasteiger partial charge in [0.25, 0.3) is 0 Å². The van der Waals surface area contributed by atoms with E-state index in [2.05, 4.69) is 60.7 Å². The third kappa shape index (κ3) is 3.40. The molecule has 0 aliphatic heterocycles. The van der Waals surface area contributed by atoms with Crippen LogP contribution in [0.1, 0.15) is 0 Å². The van der Waals surface area contributed by atoms with E-state index in [0.717, 1.165) is 8.58 Å². The van der Waals surface area contributed by atoms with Crippen molar-refractivity contribution >= 4 is 19.2 Å². The molecule has 0 aliphatic rings. The molecule has 0 N–H and O–H groups in total. The van der Waals surface area contributed by atoms with Crippen molar-refractivity contribution in [2.45, 2.75) is 0 Å². The molecule has 0 amide bonds. The number of hydrogen-bond acceptors (Lipinski definition) is 0. The smallest absolute Gasteiger partial charge is 0 e. The number of benzene rings is 2. The van der Waals surface area contributed by atoms with E-state index in [9.17, 15) is 0 Å². The van der Waals surface area contributed by atoms with E-state index in [0.29, 0.717) is 0 Å². The summed E-state index contributed by atoms with van der Waals surface area (Å²) in [4.78, 5) is 0. The molecular weight excluding hydrogens is 372 g/mol. The summed E-state index contributed by atoms with van der Waals surface area (Å²) < 4.78 is 0. The molecule has 0 saturated heterocycles. The van der Waals surface area contributed by atoms with Gasteiger partial charge < -0.3 is 0 Å². The minimum atomic E-state index is 0. The molecule has 0 spiro atoms. The maximum atomic E-state index is 2.17. The Bertz CT molecular complexity index is 321. The monoisotopic (exact) mass is 383 g/mol. The van der Waals surface area contributed by atoms with Crippen LogP contribution in [0.4, 0.5) is 0 Å². The Hall–Kier alpha value is -0.390. The van der Waals surface area contributed by atoms with Gasteiger partial charge in [0.2, 0.25) is 0 Å². The fraction of sp³-hybridized carbons (Fsp3) is 0. The van der Waals surface area contributed by atoms with Crippen LogP contribution in [0.15, 0.2) is 60.7 Å². The fourth-order valence-electron chi connectivity index (χ4n) is 1.21. The van der Waals surface area contributed by atoms with E-state index < -0.39 is 0 Å². The van der Waals surface area contributed by atoms with E-state index in [1.165, 1.54) is 10.6 Å². The summed E-state index contributed by atoms with van der Waals surface area (Å²) in [6.45, 7) is 0. The quantitative estimate of drug-likeness (QED) is 0.552. The van der Waals surface area contributed by atoms with Crippen LogP contribution in [0.5, 0.6) is 0 Å².